The Hall–Kier alpha value is -2.35. The van der Waals surface area contributed by atoms with Gasteiger partial charge in [0.1, 0.15) is 11.3 Å². The highest BCUT2D eigenvalue weighted by Crippen LogP contribution is 2.29. The molecule has 2 heterocycles. The van der Waals surface area contributed by atoms with Gasteiger partial charge in [0.15, 0.2) is 16.4 Å². The molecule has 1 atom stereocenters. The van der Waals surface area contributed by atoms with Crippen LogP contribution >= 0.6 is 0 Å². The molecule has 3 rings (SSSR count). The average molecular weight is 450 g/mol. The monoisotopic (exact) mass is 449 g/mol. The quantitative estimate of drug-likeness (QED) is 0.466. The predicted molar refractivity (Wildman–Crippen MR) is 121 cm³/mol. The fourth-order valence-electron chi connectivity index (χ4n) is 4.07. The Kier molecular flexibility index (Phi) is 7.41. The van der Waals surface area contributed by atoms with E-state index >= 15 is 0 Å². The number of hydrogen-bond donors (Lipinski definition) is 1. The van der Waals surface area contributed by atoms with Crippen LogP contribution in [0.3, 0.4) is 0 Å². The molecule has 1 amide bonds. The summed E-state index contributed by atoms with van der Waals surface area (Å²) < 4.78 is 34.3. The molecule has 1 aromatic carbocycles. The summed E-state index contributed by atoms with van der Waals surface area (Å²) in [7, 11) is -3.06. The van der Waals surface area contributed by atoms with E-state index in [-0.39, 0.29) is 35.7 Å². The Morgan fingerprint density at radius 1 is 1.19 bits per heavy atom. The number of fused-ring (bicyclic) bond motifs is 1. The van der Waals surface area contributed by atoms with Crippen molar-refractivity contribution in [3.8, 4) is 5.75 Å². The molecule has 31 heavy (non-hydrogen) atoms. The summed E-state index contributed by atoms with van der Waals surface area (Å²) in [5, 5.41) is 3.57. The van der Waals surface area contributed by atoms with Crippen LogP contribution in [0.4, 0.5) is 0 Å². The minimum Gasteiger partial charge on any atom is -0.483 e. The number of hydrogen-bond acceptors (Lipinski definition) is 6. The van der Waals surface area contributed by atoms with Crippen molar-refractivity contribution in [2.75, 3.05) is 18.1 Å². The third-order valence-corrected chi connectivity index (χ3v) is 7.66. The van der Waals surface area contributed by atoms with Crippen LogP contribution in [0.25, 0.3) is 11.0 Å². The lowest BCUT2D eigenvalue weighted by atomic mass is 9.99. The van der Waals surface area contributed by atoms with E-state index in [2.05, 4.69) is 12.2 Å². The molecule has 1 aliphatic rings. The van der Waals surface area contributed by atoms with Crippen LogP contribution in [-0.4, -0.2) is 38.5 Å². The van der Waals surface area contributed by atoms with Gasteiger partial charge < -0.3 is 14.5 Å². The number of aryl methyl sites for hydroxylation is 2. The highest BCUT2D eigenvalue weighted by Gasteiger charge is 2.29. The number of carbonyl (C=O) groups excluding carboxylic acids is 1. The average Bonchev–Trinajstić information content (AvgIpc) is 3.05. The van der Waals surface area contributed by atoms with Gasteiger partial charge in [0.05, 0.1) is 11.5 Å². The highest BCUT2D eigenvalue weighted by atomic mass is 32.2. The largest absolute Gasteiger partial charge is 0.483 e. The molecular weight excluding hydrogens is 418 g/mol. The van der Waals surface area contributed by atoms with Gasteiger partial charge in [0.2, 0.25) is 0 Å². The first kappa shape index (κ1) is 23.3. The van der Waals surface area contributed by atoms with Crippen molar-refractivity contribution < 1.29 is 22.4 Å². The van der Waals surface area contributed by atoms with Crippen LogP contribution in [0.15, 0.2) is 21.3 Å². The molecule has 1 saturated heterocycles. The topological polar surface area (TPSA) is 103 Å². The molecule has 0 radical (unpaired) electrons. The lowest BCUT2D eigenvalue weighted by Gasteiger charge is -2.14. The summed E-state index contributed by atoms with van der Waals surface area (Å²) >= 11 is 0. The molecule has 170 valence electrons. The number of benzene rings is 1. The van der Waals surface area contributed by atoms with Gasteiger partial charge in [-0.3, -0.25) is 4.79 Å². The van der Waals surface area contributed by atoms with Crippen molar-refractivity contribution in [3.05, 3.63) is 39.2 Å². The molecule has 8 heteroatoms. The van der Waals surface area contributed by atoms with E-state index in [4.69, 9.17) is 9.15 Å². The van der Waals surface area contributed by atoms with Crippen molar-refractivity contribution in [1.29, 1.82) is 0 Å². The molecule has 0 spiro atoms. The van der Waals surface area contributed by atoms with E-state index in [1.54, 1.807) is 13.0 Å². The molecule has 0 unspecified atom stereocenters. The number of unbranched alkanes of at least 4 members (excludes halogenated alkanes) is 3. The molecule has 1 fully saturated rings. The summed E-state index contributed by atoms with van der Waals surface area (Å²) in [5.74, 6) is 0.155. The van der Waals surface area contributed by atoms with Crippen LogP contribution in [0, 0.1) is 13.8 Å². The molecule has 0 saturated carbocycles. The SMILES string of the molecule is CCCCCCc1c(C)c2ccc(OCC(=O)N[C@H]3CCS(=O)(=O)C3)c(C)c2oc1=O. The second kappa shape index (κ2) is 9.85. The second-order valence-corrected chi connectivity index (χ2v) is 10.6. The fraction of sp³-hybridized carbons (Fsp3) is 0.565. The Bertz CT molecular complexity index is 1120. The zero-order chi connectivity index (χ0) is 22.6. The minimum atomic E-state index is -3.06. The third-order valence-electron chi connectivity index (χ3n) is 5.89. The van der Waals surface area contributed by atoms with Gasteiger partial charge in [-0.05, 0) is 50.8 Å². The Morgan fingerprint density at radius 3 is 2.65 bits per heavy atom. The molecule has 1 N–H and O–H groups in total. The normalized spacial score (nSPS) is 17.7. The number of nitrogens with one attached hydrogen (secondary N) is 1. The zero-order valence-corrected chi connectivity index (χ0v) is 19.3. The molecule has 2 aromatic rings. The van der Waals surface area contributed by atoms with E-state index in [1.807, 2.05) is 13.0 Å². The van der Waals surface area contributed by atoms with E-state index < -0.39 is 9.84 Å². The van der Waals surface area contributed by atoms with Crippen LogP contribution < -0.4 is 15.7 Å². The molecule has 0 aliphatic carbocycles. The molecule has 0 bridgehead atoms. The standard InChI is InChI=1S/C23H31NO6S/c1-4-5-6-7-8-19-15(2)18-9-10-20(16(3)22(18)30-23(19)26)29-13-21(25)24-17-11-12-31(27,28)14-17/h9-10,17H,4-8,11-14H2,1-3H3,(H,24,25)/t17-/m0/s1. The van der Waals surface area contributed by atoms with Crippen LogP contribution in [0.1, 0.15) is 55.7 Å². The summed E-state index contributed by atoms with van der Waals surface area (Å²) in [6.45, 7) is 5.66. The van der Waals surface area contributed by atoms with E-state index in [1.165, 1.54) is 0 Å². The van der Waals surface area contributed by atoms with Crippen molar-refractivity contribution in [1.82, 2.24) is 5.32 Å². The second-order valence-electron chi connectivity index (χ2n) is 8.33. The summed E-state index contributed by atoms with van der Waals surface area (Å²) in [4.78, 5) is 24.7. The van der Waals surface area contributed by atoms with Gasteiger partial charge in [-0.1, -0.05) is 26.2 Å². The molecular formula is C23H31NO6S. The summed E-state index contributed by atoms with van der Waals surface area (Å²) in [5.41, 5.74) is 2.47. The summed E-state index contributed by atoms with van der Waals surface area (Å²) in [6.07, 6.45) is 5.48. The Balaban J connectivity index is 1.70. The van der Waals surface area contributed by atoms with Crippen molar-refractivity contribution in [2.45, 2.75) is 65.3 Å². The number of carbonyl (C=O) groups is 1. The first-order valence-corrected chi connectivity index (χ1v) is 12.7. The Morgan fingerprint density at radius 2 is 1.97 bits per heavy atom. The first-order chi connectivity index (χ1) is 14.7. The van der Waals surface area contributed by atoms with Crippen LogP contribution in [0.5, 0.6) is 5.75 Å². The van der Waals surface area contributed by atoms with E-state index in [0.717, 1.165) is 42.2 Å². The lowest BCUT2D eigenvalue weighted by molar-refractivity contribution is -0.123. The van der Waals surface area contributed by atoms with E-state index in [9.17, 15) is 18.0 Å². The zero-order valence-electron chi connectivity index (χ0n) is 18.5. The van der Waals surface area contributed by atoms with Gasteiger partial charge in [-0.25, -0.2) is 13.2 Å². The fourth-order valence-corrected chi connectivity index (χ4v) is 5.74. The predicted octanol–water partition coefficient (Wildman–Crippen LogP) is 3.21. The van der Waals surface area contributed by atoms with Gasteiger partial charge in [0.25, 0.3) is 5.91 Å². The molecule has 1 aliphatic heterocycles. The van der Waals surface area contributed by atoms with Gasteiger partial charge >= 0.3 is 5.63 Å². The number of ether oxygens (including phenoxy) is 1. The lowest BCUT2D eigenvalue weighted by Crippen LogP contribution is -2.38. The maximum absolute atomic E-state index is 12.6. The Labute approximate surface area is 183 Å². The van der Waals surface area contributed by atoms with Crippen molar-refractivity contribution in [3.63, 3.8) is 0 Å². The maximum Gasteiger partial charge on any atom is 0.339 e. The smallest absolute Gasteiger partial charge is 0.339 e. The number of sulfone groups is 1. The molecule has 7 nitrogen and oxygen atoms in total. The third kappa shape index (κ3) is 5.67. The number of rotatable bonds is 9. The first-order valence-electron chi connectivity index (χ1n) is 10.9. The van der Waals surface area contributed by atoms with Gasteiger partial charge in [0, 0.05) is 22.6 Å². The van der Waals surface area contributed by atoms with Crippen molar-refractivity contribution in [2.24, 2.45) is 0 Å². The van der Waals surface area contributed by atoms with E-state index in [0.29, 0.717) is 29.7 Å². The van der Waals surface area contributed by atoms with Gasteiger partial charge in [-0.15, -0.1) is 0 Å². The van der Waals surface area contributed by atoms with Crippen LogP contribution in [-0.2, 0) is 21.1 Å². The number of amides is 1. The van der Waals surface area contributed by atoms with Crippen molar-refractivity contribution >= 4 is 26.7 Å². The molecule has 1 aromatic heterocycles. The van der Waals surface area contributed by atoms with Crippen LogP contribution in [0.2, 0.25) is 0 Å². The summed E-state index contributed by atoms with van der Waals surface area (Å²) in [6, 6.07) is 3.27. The maximum atomic E-state index is 12.6. The van der Waals surface area contributed by atoms with Gasteiger partial charge in [-0.2, -0.15) is 0 Å². The highest BCUT2D eigenvalue weighted by molar-refractivity contribution is 7.91. The minimum absolute atomic E-state index is 0.0288.